The molecule has 0 spiro atoms. The highest BCUT2D eigenvalue weighted by atomic mass is 79.9. The third-order valence-electron chi connectivity index (χ3n) is 4.26. The monoisotopic (exact) mass is 396 g/mol. The van der Waals surface area contributed by atoms with Gasteiger partial charge in [-0.05, 0) is 33.4 Å². The van der Waals surface area contributed by atoms with Gasteiger partial charge in [0.25, 0.3) is 0 Å². The Labute approximate surface area is 157 Å². The van der Waals surface area contributed by atoms with Gasteiger partial charge in [-0.25, -0.2) is 0 Å². The molecule has 0 bridgehead atoms. The number of ketones is 1. The van der Waals surface area contributed by atoms with Crippen molar-refractivity contribution in [3.05, 3.63) is 70.2 Å². The molecule has 3 aromatic rings. The number of anilines is 2. The van der Waals surface area contributed by atoms with Crippen LogP contribution in [0.1, 0.15) is 15.9 Å². The summed E-state index contributed by atoms with van der Waals surface area (Å²) in [6.07, 6.45) is 0. The summed E-state index contributed by atoms with van der Waals surface area (Å²) in [5.74, 6) is 0.0379. The number of halogens is 1. The van der Waals surface area contributed by atoms with Crippen LogP contribution in [0, 0.1) is 0 Å². The average molecular weight is 397 g/mol. The van der Waals surface area contributed by atoms with Crippen LogP contribution in [-0.2, 0) is 0 Å². The highest BCUT2D eigenvalue weighted by Crippen LogP contribution is 2.41. The van der Waals surface area contributed by atoms with Crippen LogP contribution < -0.4 is 9.80 Å². The molecular weight excluding hydrogens is 376 g/mol. The van der Waals surface area contributed by atoms with Crippen molar-refractivity contribution in [3.8, 4) is 0 Å². The number of nitrogens with zero attached hydrogens (tertiary/aromatic N) is 2. The SMILES string of the molecule is CN(C)c1c(Br)ccc2ccc(C(=O)c3ccccc3)c(N(C)C)c12. The van der Waals surface area contributed by atoms with Crippen molar-refractivity contribution < 1.29 is 4.79 Å². The van der Waals surface area contributed by atoms with Gasteiger partial charge in [-0.2, -0.15) is 0 Å². The Hall–Kier alpha value is -2.33. The number of benzene rings is 3. The lowest BCUT2D eigenvalue weighted by Crippen LogP contribution is -2.17. The largest absolute Gasteiger partial charge is 0.376 e. The minimum Gasteiger partial charge on any atom is -0.376 e. The van der Waals surface area contributed by atoms with Crippen molar-refractivity contribution >= 4 is 43.9 Å². The maximum Gasteiger partial charge on any atom is 0.195 e. The van der Waals surface area contributed by atoms with Gasteiger partial charge in [0.1, 0.15) is 0 Å². The summed E-state index contributed by atoms with van der Waals surface area (Å²) >= 11 is 3.66. The van der Waals surface area contributed by atoms with Gasteiger partial charge in [-0.1, -0.05) is 42.5 Å². The highest BCUT2D eigenvalue weighted by molar-refractivity contribution is 9.10. The van der Waals surface area contributed by atoms with Gasteiger partial charge >= 0.3 is 0 Å². The first kappa shape index (κ1) is 17.5. The minimum atomic E-state index is 0.0379. The summed E-state index contributed by atoms with van der Waals surface area (Å²) in [5, 5.41) is 2.19. The Bertz CT molecular complexity index is 934. The van der Waals surface area contributed by atoms with Gasteiger partial charge in [0.15, 0.2) is 5.78 Å². The zero-order chi connectivity index (χ0) is 18.1. The Morgan fingerprint density at radius 2 is 1.40 bits per heavy atom. The van der Waals surface area contributed by atoms with Gasteiger partial charge in [0, 0.05) is 49.2 Å². The molecule has 0 fully saturated rings. The van der Waals surface area contributed by atoms with Crippen molar-refractivity contribution in [1.82, 2.24) is 0 Å². The van der Waals surface area contributed by atoms with E-state index in [1.807, 2.05) is 75.6 Å². The summed E-state index contributed by atoms with van der Waals surface area (Å²) in [6.45, 7) is 0. The Kier molecular flexibility index (Phi) is 4.82. The van der Waals surface area contributed by atoms with Crippen molar-refractivity contribution in [2.75, 3.05) is 38.0 Å². The van der Waals surface area contributed by atoms with Crippen LogP contribution in [0.25, 0.3) is 10.8 Å². The molecule has 3 aromatic carbocycles. The fraction of sp³-hybridized carbons (Fsp3) is 0.190. The van der Waals surface area contributed by atoms with Crippen molar-refractivity contribution in [1.29, 1.82) is 0 Å². The van der Waals surface area contributed by atoms with Gasteiger partial charge in [0.2, 0.25) is 0 Å². The molecule has 0 aliphatic carbocycles. The van der Waals surface area contributed by atoms with Crippen LogP contribution in [0.4, 0.5) is 11.4 Å². The zero-order valence-corrected chi connectivity index (χ0v) is 16.5. The maximum atomic E-state index is 13.1. The number of rotatable bonds is 4. The van der Waals surface area contributed by atoms with E-state index in [2.05, 4.69) is 33.0 Å². The van der Waals surface area contributed by atoms with E-state index in [9.17, 15) is 4.79 Å². The first-order valence-electron chi connectivity index (χ1n) is 8.11. The molecule has 0 heterocycles. The van der Waals surface area contributed by atoms with Crippen LogP contribution >= 0.6 is 15.9 Å². The van der Waals surface area contributed by atoms with Gasteiger partial charge in [0.05, 0.1) is 11.4 Å². The number of hydrogen-bond acceptors (Lipinski definition) is 3. The van der Waals surface area contributed by atoms with E-state index in [0.717, 1.165) is 26.6 Å². The second-order valence-electron chi connectivity index (χ2n) is 6.44. The zero-order valence-electron chi connectivity index (χ0n) is 14.9. The van der Waals surface area contributed by atoms with E-state index in [4.69, 9.17) is 0 Å². The maximum absolute atomic E-state index is 13.1. The Morgan fingerprint density at radius 3 is 2.00 bits per heavy atom. The fourth-order valence-electron chi connectivity index (χ4n) is 3.19. The number of carbonyl (C=O) groups excluding carboxylic acids is 1. The van der Waals surface area contributed by atoms with Crippen LogP contribution in [0.15, 0.2) is 59.1 Å². The lowest BCUT2D eigenvalue weighted by Gasteiger charge is -2.25. The third-order valence-corrected chi connectivity index (χ3v) is 4.90. The molecule has 0 aliphatic heterocycles. The number of carbonyl (C=O) groups is 1. The lowest BCUT2D eigenvalue weighted by atomic mass is 9.95. The molecule has 0 aliphatic rings. The second kappa shape index (κ2) is 6.89. The minimum absolute atomic E-state index is 0.0379. The Balaban J connectivity index is 2.36. The summed E-state index contributed by atoms with van der Waals surface area (Å²) < 4.78 is 1.01. The standard InChI is InChI=1S/C21H21BrN2O/c1-23(2)19-16(21(25)15-8-6-5-7-9-15)12-10-14-11-13-17(22)20(18(14)19)24(3)4/h5-13H,1-4H3. The Morgan fingerprint density at radius 1 is 0.800 bits per heavy atom. The van der Waals surface area contributed by atoms with Crippen molar-refractivity contribution in [2.24, 2.45) is 0 Å². The molecular formula is C21H21BrN2O. The fourth-order valence-corrected chi connectivity index (χ4v) is 3.87. The topological polar surface area (TPSA) is 23.6 Å². The highest BCUT2D eigenvalue weighted by Gasteiger charge is 2.21. The molecule has 0 unspecified atom stereocenters. The van der Waals surface area contributed by atoms with E-state index in [-0.39, 0.29) is 5.78 Å². The molecule has 0 amide bonds. The molecule has 128 valence electrons. The molecule has 0 N–H and O–H groups in total. The van der Waals surface area contributed by atoms with Crippen LogP contribution in [0.2, 0.25) is 0 Å². The second-order valence-corrected chi connectivity index (χ2v) is 7.29. The number of fused-ring (bicyclic) bond motifs is 1. The van der Waals surface area contributed by atoms with Crippen molar-refractivity contribution in [3.63, 3.8) is 0 Å². The predicted molar refractivity (Wildman–Crippen MR) is 110 cm³/mol. The number of hydrogen-bond donors (Lipinski definition) is 0. The summed E-state index contributed by atoms with van der Waals surface area (Å²) in [5.41, 5.74) is 3.43. The van der Waals surface area contributed by atoms with Crippen LogP contribution in [-0.4, -0.2) is 34.0 Å². The molecule has 0 radical (unpaired) electrons. The first-order chi connectivity index (χ1) is 11.9. The molecule has 25 heavy (non-hydrogen) atoms. The van der Waals surface area contributed by atoms with Crippen LogP contribution in [0.3, 0.4) is 0 Å². The molecule has 3 rings (SSSR count). The molecule has 4 heteroatoms. The first-order valence-corrected chi connectivity index (χ1v) is 8.90. The predicted octanol–water partition coefficient (Wildman–Crippen LogP) is 4.97. The molecule has 3 nitrogen and oxygen atoms in total. The average Bonchev–Trinajstić information content (AvgIpc) is 2.60. The quantitative estimate of drug-likeness (QED) is 0.581. The normalized spacial score (nSPS) is 10.8. The van der Waals surface area contributed by atoms with E-state index in [1.165, 1.54) is 0 Å². The molecule has 0 aromatic heterocycles. The van der Waals surface area contributed by atoms with Gasteiger partial charge in [-0.3, -0.25) is 4.79 Å². The van der Waals surface area contributed by atoms with Gasteiger partial charge < -0.3 is 9.80 Å². The van der Waals surface area contributed by atoms with Crippen LogP contribution in [0.5, 0.6) is 0 Å². The summed E-state index contributed by atoms with van der Waals surface area (Å²) in [4.78, 5) is 17.2. The van der Waals surface area contributed by atoms with Crippen molar-refractivity contribution in [2.45, 2.75) is 0 Å². The van der Waals surface area contributed by atoms with E-state index < -0.39 is 0 Å². The van der Waals surface area contributed by atoms with E-state index >= 15 is 0 Å². The molecule has 0 saturated heterocycles. The van der Waals surface area contributed by atoms with Gasteiger partial charge in [-0.15, -0.1) is 0 Å². The molecule has 0 saturated carbocycles. The summed E-state index contributed by atoms with van der Waals surface area (Å²) in [6, 6.07) is 17.5. The van der Waals surface area contributed by atoms with E-state index in [0.29, 0.717) is 11.1 Å². The smallest absolute Gasteiger partial charge is 0.195 e. The lowest BCUT2D eigenvalue weighted by molar-refractivity contribution is 0.103. The van der Waals surface area contributed by atoms with E-state index in [1.54, 1.807) is 0 Å². The third kappa shape index (κ3) is 3.14. The summed E-state index contributed by atoms with van der Waals surface area (Å²) in [7, 11) is 8.00. The molecule has 0 atom stereocenters.